The first kappa shape index (κ1) is 18.2. The van der Waals surface area contributed by atoms with Crippen molar-refractivity contribution in [2.75, 3.05) is 5.43 Å². The average molecular weight is 360 g/mol. The summed E-state index contributed by atoms with van der Waals surface area (Å²) < 4.78 is 5.89. The van der Waals surface area contributed by atoms with Crippen LogP contribution in [0.5, 0.6) is 11.5 Å². The van der Waals surface area contributed by atoms with E-state index in [0.29, 0.717) is 5.69 Å². The lowest BCUT2D eigenvalue weighted by atomic mass is 10.1. The van der Waals surface area contributed by atoms with Crippen molar-refractivity contribution in [1.82, 2.24) is 0 Å². The third-order valence-electron chi connectivity index (χ3n) is 3.85. The summed E-state index contributed by atoms with van der Waals surface area (Å²) >= 11 is 0. The maximum Gasteiger partial charge on any atom is 0.335 e. The van der Waals surface area contributed by atoms with Crippen LogP contribution in [0.25, 0.3) is 0 Å². The standard InChI is InChI=1S/C22H20N2O3/c1-15-11-16(2)13-21(12-15)27-20-9-3-17(4-10-20)14-23-24-19-7-5-18(6-8-19)22(25)26/h3-14,24H,1-2H3,(H,25,26). The molecule has 0 aliphatic heterocycles. The first-order valence-corrected chi connectivity index (χ1v) is 8.48. The molecule has 0 atom stereocenters. The Balaban J connectivity index is 1.59. The number of hydrazone groups is 1. The Bertz CT molecular complexity index is 942. The molecule has 0 aliphatic rings. The summed E-state index contributed by atoms with van der Waals surface area (Å²) in [6.07, 6.45) is 1.69. The Morgan fingerprint density at radius 2 is 1.56 bits per heavy atom. The van der Waals surface area contributed by atoms with E-state index >= 15 is 0 Å². The highest BCUT2D eigenvalue weighted by Crippen LogP contribution is 2.23. The molecule has 5 nitrogen and oxygen atoms in total. The highest BCUT2D eigenvalue weighted by Gasteiger charge is 2.01. The summed E-state index contributed by atoms with van der Waals surface area (Å²) in [5.74, 6) is 0.628. The number of nitrogens with zero attached hydrogens (tertiary/aromatic N) is 1. The van der Waals surface area contributed by atoms with Gasteiger partial charge in [-0.25, -0.2) is 4.79 Å². The average Bonchev–Trinajstić information content (AvgIpc) is 2.63. The number of carboxylic acid groups (broad SMARTS) is 1. The molecule has 0 heterocycles. The van der Waals surface area contributed by atoms with E-state index in [1.807, 2.05) is 50.2 Å². The minimum atomic E-state index is -0.951. The molecular formula is C22H20N2O3. The van der Waals surface area contributed by atoms with Gasteiger partial charge in [-0.3, -0.25) is 5.43 Å². The number of aryl methyl sites for hydroxylation is 2. The molecule has 0 fully saturated rings. The second-order valence-electron chi connectivity index (χ2n) is 6.25. The molecular weight excluding hydrogens is 340 g/mol. The van der Waals surface area contributed by atoms with Crippen LogP contribution < -0.4 is 10.2 Å². The Hall–Kier alpha value is -3.60. The Morgan fingerprint density at radius 3 is 2.15 bits per heavy atom. The normalized spacial score (nSPS) is 10.7. The molecule has 2 N–H and O–H groups in total. The molecule has 0 saturated carbocycles. The summed E-state index contributed by atoms with van der Waals surface area (Å²) in [4.78, 5) is 10.8. The van der Waals surface area contributed by atoms with E-state index in [2.05, 4.69) is 16.6 Å². The van der Waals surface area contributed by atoms with Crippen molar-refractivity contribution in [3.8, 4) is 11.5 Å². The van der Waals surface area contributed by atoms with E-state index in [-0.39, 0.29) is 5.56 Å². The Morgan fingerprint density at radius 1 is 0.926 bits per heavy atom. The molecule has 3 aromatic carbocycles. The number of ether oxygens (including phenoxy) is 1. The second-order valence-corrected chi connectivity index (χ2v) is 6.25. The Kier molecular flexibility index (Phi) is 5.52. The molecule has 3 aromatic rings. The fraction of sp³-hybridized carbons (Fsp3) is 0.0909. The van der Waals surface area contributed by atoms with Gasteiger partial charge in [0.05, 0.1) is 17.5 Å². The van der Waals surface area contributed by atoms with E-state index in [9.17, 15) is 4.79 Å². The molecule has 0 spiro atoms. The third kappa shape index (κ3) is 5.19. The van der Waals surface area contributed by atoms with Gasteiger partial charge in [0.2, 0.25) is 0 Å². The lowest BCUT2D eigenvalue weighted by Gasteiger charge is -2.08. The maximum absolute atomic E-state index is 10.8. The fourth-order valence-electron chi connectivity index (χ4n) is 2.62. The van der Waals surface area contributed by atoms with Crippen LogP contribution in [0.4, 0.5) is 5.69 Å². The van der Waals surface area contributed by atoms with Crippen molar-refractivity contribution in [2.24, 2.45) is 5.10 Å². The van der Waals surface area contributed by atoms with Gasteiger partial charge in [0.25, 0.3) is 0 Å². The summed E-state index contributed by atoms with van der Waals surface area (Å²) in [5, 5.41) is 13.0. The summed E-state index contributed by atoms with van der Waals surface area (Å²) in [6, 6.07) is 20.1. The first-order chi connectivity index (χ1) is 13.0. The second kappa shape index (κ2) is 8.19. The molecule has 3 rings (SSSR count). The van der Waals surface area contributed by atoms with Gasteiger partial charge in [-0.15, -0.1) is 0 Å². The smallest absolute Gasteiger partial charge is 0.335 e. The third-order valence-corrected chi connectivity index (χ3v) is 3.85. The van der Waals surface area contributed by atoms with Gasteiger partial charge in [0, 0.05) is 0 Å². The Labute approximate surface area is 157 Å². The molecule has 0 aromatic heterocycles. The molecule has 0 radical (unpaired) electrons. The predicted octanol–water partition coefficient (Wildman–Crippen LogP) is 5.24. The lowest BCUT2D eigenvalue weighted by Crippen LogP contribution is -1.96. The SMILES string of the molecule is Cc1cc(C)cc(Oc2ccc(C=NNc3ccc(C(=O)O)cc3)cc2)c1. The van der Waals surface area contributed by atoms with E-state index in [4.69, 9.17) is 9.84 Å². The van der Waals surface area contributed by atoms with Gasteiger partial charge in [-0.2, -0.15) is 5.10 Å². The quantitative estimate of drug-likeness (QED) is 0.466. The summed E-state index contributed by atoms with van der Waals surface area (Å²) in [7, 11) is 0. The number of hydrogen-bond acceptors (Lipinski definition) is 4. The molecule has 136 valence electrons. The molecule has 0 unspecified atom stereocenters. The fourth-order valence-corrected chi connectivity index (χ4v) is 2.62. The van der Waals surface area contributed by atoms with Crippen molar-refractivity contribution >= 4 is 17.9 Å². The molecule has 27 heavy (non-hydrogen) atoms. The van der Waals surface area contributed by atoms with Crippen LogP contribution >= 0.6 is 0 Å². The van der Waals surface area contributed by atoms with Crippen LogP contribution in [-0.2, 0) is 0 Å². The number of nitrogens with one attached hydrogen (secondary N) is 1. The van der Waals surface area contributed by atoms with Gasteiger partial charge < -0.3 is 9.84 Å². The van der Waals surface area contributed by atoms with E-state index in [1.165, 1.54) is 12.1 Å². The van der Waals surface area contributed by atoms with Crippen LogP contribution in [0.2, 0.25) is 0 Å². The number of hydrogen-bond donors (Lipinski definition) is 2. The summed E-state index contributed by atoms with van der Waals surface area (Å²) in [6.45, 7) is 4.09. The van der Waals surface area contributed by atoms with Crippen LogP contribution in [0, 0.1) is 13.8 Å². The highest BCUT2D eigenvalue weighted by molar-refractivity contribution is 5.88. The van der Waals surface area contributed by atoms with Crippen LogP contribution in [0.1, 0.15) is 27.0 Å². The zero-order valence-electron chi connectivity index (χ0n) is 15.1. The van der Waals surface area contributed by atoms with Gasteiger partial charge >= 0.3 is 5.97 Å². The van der Waals surface area contributed by atoms with Crippen molar-refractivity contribution in [3.63, 3.8) is 0 Å². The van der Waals surface area contributed by atoms with Crippen molar-refractivity contribution in [3.05, 3.63) is 89.0 Å². The number of benzene rings is 3. The zero-order valence-corrected chi connectivity index (χ0v) is 15.1. The van der Waals surface area contributed by atoms with E-state index in [1.54, 1.807) is 18.3 Å². The van der Waals surface area contributed by atoms with E-state index in [0.717, 1.165) is 28.2 Å². The molecule has 0 amide bonds. The van der Waals surface area contributed by atoms with Gasteiger partial charge in [0.15, 0.2) is 0 Å². The minimum Gasteiger partial charge on any atom is -0.478 e. The number of rotatable bonds is 6. The largest absolute Gasteiger partial charge is 0.478 e. The molecule has 0 aliphatic carbocycles. The first-order valence-electron chi connectivity index (χ1n) is 8.48. The number of aromatic carboxylic acids is 1. The van der Waals surface area contributed by atoms with Crippen molar-refractivity contribution in [1.29, 1.82) is 0 Å². The monoisotopic (exact) mass is 360 g/mol. The topological polar surface area (TPSA) is 70.9 Å². The maximum atomic E-state index is 10.8. The van der Waals surface area contributed by atoms with Gasteiger partial charge in [-0.1, -0.05) is 6.07 Å². The number of anilines is 1. The highest BCUT2D eigenvalue weighted by atomic mass is 16.5. The number of carbonyl (C=O) groups is 1. The summed E-state index contributed by atoms with van der Waals surface area (Å²) in [5.41, 5.74) is 7.07. The zero-order chi connectivity index (χ0) is 19.2. The minimum absolute atomic E-state index is 0.240. The lowest BCUT2D eigenvalue weighted by molar-refractivity contribution is 0.0697. The van der Waals surface area contributed by atoms with Crippen LogP contribution in [-0.4, -0.2) is 17.3 Å². The van der Waals surface area contributed by atoms with E-state index < -0.39 is 5.97 Å². The van der Waals surface area contributed by atoms with Crippen LogP contribution in [0.15, 0.2) is 71.8 Å². The molecule has 0 bridgehead atoms. The predicted molar refractivity (Wildman–Crippen MR) is 107 cm³/mol. The van der Waals surface area contributed by atoms with Crippen molar-refractivity contribution in [2.45, 2.75) is 13.8 Å². The number of carboxylic acids is 1. The van der Waals surface area contributed by atoms with Gasteiger partial charge in [0.1, 0.15) is 11.5 Å². The van der Waals surface area contributed by atoms with Crippen LogP contribution in [0.3, 0.4) is 0 Å². The molecule has 5 heteroatoms. The molecule has 0 saturated heterocycles. The van der Waals surface area contributed by atoms with Crippen molar-refractivity contribution < 1.29 is 14.6 Å². The van der Waals surface area contributed by atoms with Gasteiger partial charge in [-0.05, 0) is 91.2 Å².